The number of hydrogen-bond acceptors (Lipinski definition) is 4. The van der Waals surface area contributed by atoms with Gasteiger partial charge in [-0.05, 0) is 49.2 Å². The largest absolute Gasteiger partial charge is 0.362 e. The lowest BCUT2D eigenvalue weighted by Crippen LogP contribution is -2.27. The third-order valence-electron chi connectivity index (χ3n) is 5.73. The molecule has 0 radical (unpaired) electrons. The van der Waals surface area contributed by atoms with E-state index in [1.807, 2.05) is 11.9 Å². The molecular formula is C23H27N5O4S. The minimum absolute atomic E-state index is 0.0212. The molecule has 2 N–H and O–H groups in total. The summed E-state index contributed by atoms with van der Waals surface area (Å²) in [5.74, 6) is 0.158. The minimum Gasteiger partial charge on any atom is -0.362 e. The Morgan fingerprint density at radius 3 is 2.67 bits per heavy atom. The number of likely N-dealkylation sites (tertiary alicyclic amines) is 1. The molecule has 0 spiro atoms. The maximum atomic E-state index is 12.9. The molecule has 3 amide bonds. The summed E-state index contributed by atoms with van der Waals surface area (Å²) in [6, 6.07) is 12.6. The fourth-order valence-corrected chi connectivity index (χ4v) is 5.05. The molecule has 0 bridgehead atoms. The Labute approximate surface area is 193 Å². The summed E-state index contributed by atoms with van der Waals surface area (Å²) in [6.45, 7) is 1.86. The number of urea groups is 1. The fraction of sp³-hybridized carbons (Fsp3) is 0.348. The van der Waals surface area contributed by atoms with Crippen LogP contribution in [0.25, 0.3) is 0 Å². The van der Waals surface area contributed by atoms with Crippen LogP contribution in [0.3, 0.4) is 0 Å². The van der Waals surface area contributed by atoms with Gasteiger partial charge in [-0.2, -0.15) is 8.42 Å². The lowest BCUT2D eigenvalue weighted by Gasteiger charge is -2.17. The van der Waals surface area contributed by atoms with Gasteiger partial charge in [0, 0.05) is 50.0 Å². The normalized spacial score (nSPS) is 18.2. The standard InChI is InChI=1S/C23H27N5O4S/c1-27-13-4-2-3-11-21(27)26-33(31,32)20-10-6-8-18(16-20)25-22(29)17-7-5-9-19(15-17)28-14-12-24-23(28)30/h5-10,15-16H,2-4,11-14H2,1H3,(H,24,30)(H,25,29). The van der Waals surface area contributed by atoms with Crippen molar-refractivity contribution in [1.29, 1.82) is 0 Å². The number of nitrogens with one attached hydrogen (secondary N) is 2. The van der Waals surface area contributed by atoms with Crippen molar-refractivity contribution in [3.05, 3.63) is 54.1 Å². The second-order valence-corrected chi connectivity index (χ2v) is 9.73. The first-order chi connectivity index (χ1) is 15.8. The summed E-state index contributed by atoms with van der Waals surface area (Å²) in [5, 5.41) is 5.47. The maximum Gasteiger partial charge on any atom is 0.321 e. The molecule has 0 atom stereocenters. The lowest BCUT2D eigenvalue weighted by atomic mass is 10.1. The van der Waals surface area contributed by atoms with E-state index in [1.54, 1.807) is 41.3 Å². The number of hydrogen-bond donors (Lipinski definition) is 2. The molecule has 33 heavy (non-hydrogen) atoms. The Balaban J connectivity index is 1.52. The highest BCUT2D eigenvalue weighted by Gasteiger charge is 2.22. The zero-order chi connectivity index (χ0) is 23.4. The summed E-state index contributed by atoms with van der Waals surface area (Å²) >= 11 is 0. The molecule has 0 aromatic heterocycles. The Bertz CT molecular complexity index is 1190. The van der Waals surface area contributed by atoms with Gasteiger partial charge >= 0.3 is 6.03 Å². The highest BCUT2D eigenvalue weighted by molar-refractivity contribution is 7.90. The van der Waals surface area contributed by atoms with Gasteiger partial charge in [-0.1, -0.05) is 18.6 Å². The number of amides is 3. The minimum atomic E-state index is -3.91. The number of carbonyl (C=O) groups excluding carboxylic acids is 2. The molecular weight excluding hydrogens is 442 g/mol. The van der Waals surface area contributed by atoms with Gasteiger partial charge in [0.2, 0.25) is 0 Å². The van der Waals surface area contributed by atoms with Crippen LogP contribution in [0.5, 0.6) is 0 Å². The van der Waals surface area contributed by atoms with Crippen molar-refractivity contribution in [3.63, 3.8) is 0 Å². The van der Waals surface area contributed by atoms with Crippen LogP contribution in [0, 0.1) is 0 Å². The van der Waals surface area contributed by atoms with Crippen molar-refractivity contribution in [3.8, 4) is 0 Å². The van der Waals surface area contributed by atoms with Crippen LogP contribution in [-0.2, 0) is 10.0 Å². The second-order valence-electron chi connectivity index (χ2n) is 8.13. The molecule has 2 aliphatic rings. The fourth-order valence-electron chi connectivity index (χ4n) is 3.91. The second kappa shape index (κ2) is 9.62. The van der Waals surface area contributed by atoms with Crippen molar-refractivity contribution in [2.24, 2.45) is 4.40 Å². The predicted molar refractivity (Wildman–Crippen MR) is 127 cm³/mol. The number of carbonyl (C=O) groups is 2. The molecule has 2 aromatic carbocycles. The van der Waals surface area contributed by atoms with E-state index in [-0.39, 0.29) is 10.9 Å². The Morgan fingerprint density at radius 1 is 1.06 bits per heavy atom. The lowest BCUT2D eigenvalue weighted by molar-refractivity contribution is 0.102. The van der Waals surface area contributed by atoms with E-state index in [9.17, 15) is 18.0 Å². The van der Waals surface area contributed by atoms with Crippen LogP contribution < -0.4 is 15.5 Å². The Hall–Kier alpha value is -3.40. The number of benzene rings is 2. The molecule has 174 valence electrons. The van der Waals surface area contributed by atoms with E-state index in [1.165, 1.54) is 12.1 Å². The van der Waals surface area contributed by atoms with Gasteiger partial charge < -0.3 is 15.5 Å². The summed E-state index contributed by atoms with van der Waals surface area (Å²) in [5.41, 5.74) is 1.33. The van der Waals surface area contributed by atoms with Crippen LogP contribution in [0.4, 0.5) is 16.2 Å². The predicted octanol–water partition coefficient (Wildman–Crippen LogP) is 3.06. The van der Waals surface area contributed by atoms with E-state index < -0.39 is 15.9 Å². The Morgan fingerprint density at radius 2 is 1.88 bits per heavy atom. The van der Waals surface area contributed by atoms with Crippen LogP contribution in [0.2, 0.25) is 0 Å². The summed E-state index contributed by atoms with van der Waals surface area (Å²) in [7, 11) is -2.05. The van der Waals surface area contributed by atoms with Crippen LogP contribution >= 0.6 is 0 Å². The first kappa shape index (κ1) is 22.8. The van der Waals surface area contributed by atoms with Crippen LogP contribution in [-0.4, -0.2) is 57.8 Å². The quantitative estimate of drug-likeness (QED) is 0.699. The molecule has 2 aromatic rings. The molecule has 2 fully saturated rings. The topological polar surface area (TPSA) is 111 Å². The summed E-state index contributed by atoms with van der Waals surface area (Å²) < 4.78 is 29.9. The number of anilines is 2. The smallest absolute Gasteiger partial charge is 0.321 e. The molecule has 2 aliphatic heterocycles. The molecule has 2 heterocycles. The highest BCUT2D eigenvalue weighted by Crippen LogP contribution is 2.22. The zero-order valence-corrected chi connectivity index (χ0v) is 19.3. The van der Waals surface area contributed by atoms with Crippen LogP contribution in [0.15, 0.2) is 57.8 Å². The Kier molecular flexibility index (Phi) is 6.64. The van der Waals surface area contributed by atoms with Crippen molar-refractivity contribution in [2.45, 2.75) is 30.6 Å². The van der Waals surface area contributed by atoms with Crippen molar-refractivity contribution in [1.82, 2.24) is 10.2 Å². The zero-order valence-electron chi connectivity index (χ0n) is 18.5. The third-order valence-corrected chi connectivity index (χ3v) is 7.03. The number of sulfonamides is 1. The van der Waals surface area contributed by atoms with Gasteiger partial charge in [0.1, 0.15) is 5.84 Å². The van der Waals surface area contributed by atoms with Crippen molar-refractivity contribution in [2.75, 3.05) is 36.9 Å². The third kappa shape index (κ3) is 5.33. The first-order valence-electron chi connectivity index (χ1n) is 11.0. The van der Waals surface area contributed by atoms with Gasteiger partial charge in [0.15, 0.2) is 0 Å². The van der Waals surface area contributed by atoms with E-state index >= 15 is 0 Å². The first-order valence-corrected chi connectivity index (χ1v) is 12.4. The molecule has 2 saturated heterocycles. The molecule has 0 saturated carbocycles. The van der Waals surface area contributed by atoms with Gasteiger partial charge in [-0.25, -0.2) is 4.79 Å². The molecule has 9 nitrogen and oxygen atoms in total. The summed E-state index contributed by atoms with van der Waals surface area (Å²) in [4.78, 5) is 28.2. The SMILES string of the molecule is CN1CCCCCC1=NS(=O)(=O)c1cccc(NC(=O)c2cccc(N3CCNC3=O)c2)c1. The van der Waals surface area contributed by atoms with E-state index in [2.05, 4.69) is 15.0 Å². The van der Waals surface area contributed by atoms with E-state index in [0.717, 1.165) is 25.8 Å². The van der Waals surface area contributed by atoms with Gasteiger partial charge in [0.05, 0.1) is 4.90 Å². The van der Waals surface area contributed by atoms with Gasteiger partial charge in [-0.15, -0.1) is 4.40 Å². The maximum absolute atomic E-state index is 12.9. The van der Waals surface area contributed by atoms with E-state index in [4.69, 9.17) is 0 Å². The molecule has 10 heteroatoms. The van der Waals surface area contributed by atoms with Crippen LogP contribution in [0.1, 0.15) is 36.0 Å². The van der Waals surface area contributed by atoms with Gasteiger partial charge in [0.25, 0.3) is 15.9 Å². The van der Waals surface area contributed by atoms with E-state index in [0.29, 0.717) is 42.3 Å². The number of nitrogens with zero attached hydrogens (tertiary/aromatic N) is 3. The molecule has 0 unspecified atom stereocenters. The monoisotopic (exact) mass is 469 g/mol. The number of amidine groups is 1. The molecule has 4 rings (SSSR count). The highest BCUT2D eigenvalue weighted by atomic mass is 32.2. The van der Waals surface area contributed by atoms with Crippen molar-refractivity contribution >= 4 is 39.2 Å². The average Bonchev–Trinajstić information content (AvgIpc) is 3.14. The molecule has 0 aliphatic carbocycles. The summed E-state index contributed by atoms with van der Waals surface area (Å²) in [6.07, 6.45) is 3.60. The number of rotatable bonds is 5. The van der Waals surface area contributed by atoms with Crippen molar-refractivity contribution < 1.29 is 18.0 Å². The average molecular weight is 470 g/mol. The van der Waals surface area contributed by atoms with Gasteiger partial charge in [-0.3, -0.25) is 9.69 Å².